The van der Waals surface area contributed by atoms with Gasteiger partial charge in [-0.15, -0.1) is 0 Å². The second kappa shape index (κ2) is 6.06. The quantitative estimate of drug-likeness (QED) is 0.433. The number of pyridine rings is 3. The molecule has 29 heavy (non-hydrogen) atoms. The second-order valence-electron chi connectivity index (χ2n) is 6.54. The van der Waals surface area contributed by atoms with Gasteiger partial charge in [0.15, 0.2) is 11.5 Å². The summed E-state index contributed by atoms with van der Waals surface area (Å²) in [4.78, 5) is 21.5. The number of aromatic amines is 3. The first-order chi connectivity index (χ1) is 14.4. The molecule has 138 valence electrons. The van der Waals surface area contributed by atoms with Gasteiger partial charge in [0.05, 0.1) is 22.8 Å². The first kappa shape index (κ1) is 15.6. The number of aromatic nitrogens is 9. The first-order valence-corrected chi connectivity index (χ1v) is 8.96. The lowest BCUT2D eigenvalue weighted by atomic mass is 10.1. The van der Waals surface area contributed by atoms with Crippen molar-refractivity contribution in [3.63, 3.8) is 0 Å². The van der Waals surface area contributed by atoms with Crippen LogP contribution in [0.5, 0.6) is 0 Å². The summed E-state index contributed by atoms with van der Waals surface area (Å²) >= 11 is 0. The molecule has 0 aliphatic carbocycles. The number of imidazole rings is 1. The smallest absolute Gasteiger partial charge is 0.159 e. The molecule has 6 rings (SSSR count). The third kappa shape index (κ3) is 2.48. The van der Waals surface area contributed by atoms with E-state index in [1.807, 2.05) is 36.5 Å². The molecule has 0 saturated carbocycles. The van der Waals surface area contributed by atoms with E-state index in [1.54, 1.807) is 24.8 Å². The van der Waals surface area contributed by atoms with Crippen LogP contribution in [-0.2, 0) is 0 Å². The minimum atomic E-state index is 0.641. The van der Waals surface area contributed by atoms with E-state index in [-0.39, 0.29) is 0 Å². The molecular weight excluding hydrogens is 366 g/mol. The summed E-state index contributed by atoms with van der Waals surface area (Å²) in [6, 6.07) is 9.64. The van der Waals surface area contributed by atoms with E-state index in [0.717, 1.165) is 38.9 Å². The van der Waals surface area contributed by atoms with Crippen molar-refractivity contribution in [2.45, 2.75) is 0 Å². The minimum Gasteiger partial charge on any atom is -0.336 e. The topological polar surface area (TPSA) is 125 Å². The van der Waals surface area contributed by atoms with E-state index in [4.69, 9.17) is 4.98 Å². The molecule has 0 fully saturated rings. The maximum atomic E-state index is 4.79. The van der Waals surface area contributed by atoms with E-state index < -0.39 is 0 Å². The highest BCUT2D eigenvalue weighted by Gasteiger charge is 2.17. The molecule has 0 atom stereocenters. The average molecular weight is 379 g/mol. The van der Waals surface area contributed by atoms with Crippen LogP contribution >= 0.6 is 0 Å². The SMILES string of the molecule is c1ccc(-c2nccc3[nH]c(-c4n[nH]c5ncc(-c6cn[nH]c6)cc45)nc23)nc1. The fourth-order valence-electron chi connectivity index (χ4n) is 3.39. The van der Waals surface area contributed by atoms with Crippen LogP contribution in [0.25, 0.3) is 56.1 Å². The molecule has 0 aliphatic heterocycles. The van der Waals surface area contributed by atoms with Crippen LogP contribution in [0, 0.1) is 0 Å². The molecular formula is C20H13N9. The molecule has 0 radical (unpaired) electrons. The maximum Gasteiger partial charge on any atom is 0.159 e. The zero-order chi connectivity index (χ0) is 19.2. The number of H-pyrrole nitrogens is 3. The lowest BCUT2D eigenvalue weighted by Gasteiger charge is -1.99. The van der Waals surface area contributed by atoms with Gasteiger partial charge in [-0.2, -0.15) is 10.2 Å². The van der Waals surface area contributed by atoms with Gasteiger partial charge in [-0.1, -0.05) is 6.07 Å². The van der Waals surface area contributed by atoms with Gasteiger partial charge in [-0.25, -0.2) is 9.97 Å². The summed E-state index contributed by atoms with van der Waals surface area (Å²) in [6.45, 7) is 0. The van der Waals surface area contributed by atoms with Gasteiger partial charge in [0, 0.05) is 35.9 Å². The molecule has 0 aliphatic rings. The predicted octanol–water partition coefficient (Wildman–Crippen LogP) is 3.35. The summed E-state index contributed by atoms with van der Waals surface area (Å²) in [5.74, 6) is 0.641. The van der Waals surface area contributed by atoms with Gasteiger partial charge in [0.2, 0.25) is 0 Å². The van der Waals surface area contributed by atoms with E-state index in [1.165, 1.54) is 0 Å². The van der Waals surface area contributed by atoms with Gasteiger partial charge in [-0.3, -0.25) is 20.2 Å². The lowest BCUT2D eigenvalue weighted by molar-refractivity contribution is 1.09. The van der Waals surface area contributed by atoms with Crippen molar-refractivity contribution in [1.82, 2.24) is 45.3 Å². The van der Waals surface area contributed by atoms with E-state index in [0.29, 0.717) is 17.2 Å². The molecule has 3 N–H and O–H groups in total. The second-order valence-corrected chi connectivity index (χ2v) is 6.54. The fourth-order valence-corrected chi connectivity index (χ4v) is 3.39. The highest BCUT2D eigenvalue weighted by atomic mass is 15.2. The zero-order valence-electron chi connectivity index (χ0n) is 15.0. The molecule has 6 aromatic heterocycles. The number of hydrogen-bond acceptors (Lipinski definition) is 6. The number of fused-ring (bicyclic) bond motifs is 2. The number of nitrogens with zero attached hydrogens (tertiary/aromatic N) is 6. The Morgan fingerprint density at radius 3 is 2.72 bits per heavy atom. The Kier molecular flexibility index (Phi) is 3.27. The zero-order valence-corrected chi connectivity index (χ0v) is 15.0. The summed E-state index contributed by atoms with van der Waals surface area (Å²) in [5, 5.41) is 15.1. The average Bonchev–Trinajstić information content (AvgIpc) is 3.52. The van der Waals surface area contributed by atoms with Crippen molar-refractivity contribution in [3.05, 3.63) is 61.3 Å². The Morgan fingerprint density at radius 2 is 1.86 bits per heavy atom. The normalized spacial score (nSPS) is 11.4. The minimum absolute atomic E-state index is 0.641. The van der Waals surface area contributed by atoms with Crippen LogP contribution < -0.4 is 0 Å². The third-order valence-electron chi connectivity index (χ3n) is 4.78. The Hall–Kier alpha value is -4.40. The summed E-state index contributed by atoms with van der Waals surface area (Å²) in [7, 11) is 0. The summed E-state index contributed by atoms with van der Waals surface area (Å²) < 4.78 is 0. The molecule has 0 saturated heterocycles. The largest absolute Gasteiger partial charge is 0.336 e. The molecule has 9 heteroatoms. The van der Waals surface area contributed by atoms with E-state index in [2.05, 4.69) is 40.3 Å². The van der Waals surface area contributed by atoms with E-state index >= 15 is 0 Å². The van der Waals surface area contributed by atoms with Crippen LogP contribution in [0.2, 0.25) is 0 Å². The molecule has 0 unspecified atom stereocenters. The van der Waals surface area contributed by atoms with Crippen LogP contribution in [-0.4, -0.2) is 45.3 Å². The Morgan fingerprint density at radius 1 is 0.862 bits per heavy atom. The lowest BCUT2D eigenvalue weighted by Crippen LogP contribution is -1.88. The first-order valence-electron chi connectivity index (χ1n) is 8.96. The fraction of sp³-hybridized carbons (Fsp3) is 0. The Labute approximate surface area is 163 Å². The van der Waals surface area contributed by atoms with Crippen molar-refractivity contribution in [3.8, 4) is 34.0 Å². The van der Waals surface area contributed by atoms with Crippen molar-refractivity contribution in [2.75, 3.05) is 0 Å². The van der Waals surface area contributed by atoms with Gasteiger partial charge in [-0.05, 0) is 24.3 Å². The molecule has 6 aromatic rings. The number of rotatable bonds is 3. The van der Waals surface area contributed by atoms with Crippen molar-refractivity contribution in [2.24, 2.45) is 0 Å². The van der Waals surface area contributed by atoms with Gasteiger partial charge in [0.25, 0.3) is 0 Å². The highest BCUT2D eigenvalue weighted by molar-refractivity contribution is 5.95. The van der Waals surface area contributed by atoms with Crippen molar-refractivity contribution < 1.29 is 0 Å². The molecule has 0 spiro atoms. The molecule has 9 nitrogen and oxygen atoms in total. The molecule has 0 bridgehead atoms. The van der Waals surface area contributed by atoms with Crippen LogP contribution in [0.1, 0.15) is 0 Å². The van der Waals surface area contributed by atoms with Gasteiger partial charge in [0.1, 0.15) is 16.9 Å². The molecule has 0 amide bonds. The highest BCUT2D eigenvalue weighted by Crippen LogP contribution is 2.30. The van der Waals surface area contributed by atoms with Crippen molar-refractivity contribution in [1.29, 1.82) is 0 Å². The van der Waals surface area contributed by atoms with E-state index in [9.17, 15) is 0 Å². The monoisotopic (exact) mass is 379 g/mol. The molecule has 0 aromatic carbocycles. The Bertz CT molecular complexity index is 1450. The Balaban J connectivity index is 1.54. The maximum absolute atomic E-state index is 4.79. The van der Waals surface area contributed by atoms with Gasteiger partial charge < -0.3 is 4.98 Å². The van der Waals surface area contributed by atoms with Crippen LogP contribution in [0.3, 0.4) is 0 Å². The number of nitrogens with one attached hydrogen (secondary N) is 3. The summed E-state index contributed by atoms with van der Waals surface area (Å²) in [6.07, 6.45) is 8.86. The van der Waals surface area contributed by atoms with Gasteiger partial charge >= 0.3 is 0 Å². The molecule has 6 heterocycles. The third-order valence-corrected chi connectivity index (χ3v) is 4.78. The predicted molar refractivity (Wildman–Crippen MR) is 108 cm³/mol. The van der Waals surface area contributed by atoms with Crippen molar-refractivity contribution >= 4 is 22.1 Å². The van der Waals surface area contributed by atoms with Crippen LogP contribution in [0.4, 0.5) is 0 Å². The number of hydrogen-bond donors (Lipinski definition) is 3. The standard InChI is InChI=1S/C20H13N9/c1-2-5-21-14(3-1)17-18-15(4-6-22-17)26-20(27-18)16-13-7-11(12-9-24-25-10-12)8-23-19(13)29-28-16/h1-10H,(H,24,25)(H,26,27)(H,23,28,29). The summed E-state index contributed by atoms with van der Waals surface area (Å²) in [5.41, 5.74) is 6.40. The van der Waals surface area contributed by atoms with Crippen LogP contribution in [0.15, 0.2) is 61.3 Å².